The Balaban J connectivity index is 2.15. The molecule has 92 valence electrons. The quantitative estimate of drug-likeness (QED) is 0.778. The maximum absolute atomic E-state index is 12.3. The van der Waals surface area contributed by atoms with Gasteiger partial charge in [-0.05, 0) is 43.9 Å². The predicted molar refractivity (Wildman–Crippen MR) is 69.6 cm³/mol. The van der Waals surface area contributed by atoms with Crippen molar-refractivity contribution in [3.05, 3.63) is 23.8 Å². The zero-order chi connectivity index (χ0) is 12.4. The van der Waals surface area contributed by atoms with Crippen molar-refractivity contribution in [2.75, 3.05) is 24.6 Å². The van der Waals surface area contributed by atoms with Gasteiger partial charge in [-0.2, -0.15) is 0 Å². The van der Waals surface area contributed by atoms with Gasteiger partial charge in [0.2, 0.25) is 0 Å². The minimum atomic E-state index is 0.0110. The summed E-state index contributed by atoms with van der Waals surface area (Å²) in [5.41, 5.74) is 13.1. The Morgan fingerprint density at radius 1 is 1.41 bits per heavy atom. The van der Waals surface area contributed by atoms with Crippen molar-refractivity contribution in [3.8, 4) is 0 Å². The van der Waals surface area contributed by atoms with Crippen molar-refractivity contribution >= 4 is 17.3 Å². The number of nitrogen functional groups attached to an aromatic ring is 2. The first kappa shape index (κ1) is 11.8. The normalized spacial score (nSPS) is 14.6. The highest BCUT2D eigenvalue weighted by Gasteiger charge is 2.27. The van der Waals surface area contributed by atoms with Crippen LogP contribution in [0.2, 0.25) is 0 Å². The van der Waals surface area contributed by atoms with Crippen molar-refractivity contribution in [3.63, 3.8) is 0 Å². The molecule has 0 unspecified atom stereocenters. The molecule has 0 bridgehead atoms. The molecule has 1 fully saturated rings. The van der Waals surface area contributed by atoms with Crippen LogP contribution in [0.4, 0.5) is 11.4 Å². The van der Waals surface area contributed by atoms with Crippen LogP contribution in [0.5, 0.6) is 0 Å². The fourth-order valence-corrected chi connectivity index (χ4v) is 1.91. The lowest BCUT2D eigenvalue weighted by molar-refractivity contribution is 0.0758. The molecule has 4 nitrogen and oxygen atoms in total. The Bertz CT molecular complexity index is 427. The third-order valence-electron chi connectivity index (χ3n) is 3.15. The summed E-state index contributed by atoms with van der Waals surface area (Å²) in [7, 11) is 0. The Hall–Kier alpha value is -1.71. The Morgan fingerprint density at radius 3 is 2.65 bits per heavy atom. The third-order valence-corrected chi connectivity index (χ3v) is 3.15. The molecule has 0 radical (unpaired) electrons. The lowest BCUT2D eigenvalue weighted by atomic mass is 10.1. The van der Waals surface area contributed by atoms with Crippen LogP contribution in [0.25, 0.3) is 0 Å². The van der Waals surface area contributed by atoms with E-state index in [4.69, 9.17) is 11.5 Å². The topological polar surface area (TPSA) is 72.3 Å². The minimum Gasteiger partial charge on any atom is -0.399 e. The number of anilines is 2. The second kappa shape index (κ2) is 4.65. The van der Waals surface area contributed by atoms with E-state index in [2.05, 4.69) is 0 Å². The van der Waals surface area contributed by atoms with Crippen molar-refractivity contribution in [2.45, 2.75) is 19.8 Å². The number of rotatable bonds is 4. The lowest BCUT2D eigenvalue weighted by Crippen LogP contribution is -2.33. The smallest absolute Gasteiger partial charge is 0.255 e. The molecule has 2 rings (SSSR count). The van der Waals surface area contributed by atoms with E-state index in [1.165, 1.54) is 12.8 Å². The van der Waals surface area contributed by atoms with Crippen molar-refractivity contribution in [1.82, 2.24) is 4.90 Å². The summed E-state index contributed by atoms with van der Waals surface area (Å²) in [5, 5.41) is 0. The van der Waals surface area contributed by atoms with Gasteiger partial charge < -0.3 is 16.4 Å². The van der Waals surface area contributed by atoms with Crippen LogP contribution in [0.15, 0.2) is 18.2 Å². The first-order valence-corrected chi connectivity index (χ1v) is 6.06. The van der Waals surface area contributed by atoms with E-state index in [1.807, 2.05) is 11.8 Å². The molecule has 1 aromatic carbocycles. The second-order valence-electron chi connectivity index (χ2n) is 4.63. The average molecular weight is 233 g/mol. The molecular weight excluding hydrogens is 214 g/mol. The van der Waals surface area contributed by atoms with Gasteiger partial charge in [-0.15, -0.1) is 0 Å². The Kier molecular flexibility index (Phi) is 3.22. The molecule has 4 N–H and O–H groups in total. The summed E-state index contributed by atoms with van der Waals surface area (Å²) >= 11 is 0. The molecule has 1 aliphatic rings. The standard InChI is InChI=1S/C13H19N3O/c1-2-16(8-9-3-4-9)13(17)11-6-5-10(14)7-12(11)15/h5-7,9H,2-4,8,14-15H2,1H3. The molecule has 1 saturated carbocycles. The van der Waals surface area contributed by atoms with E-state index in [0.29, 0.717) is 22.9 Å². The molecule has 0 atom stereocenters. The van der Waals surface area contributed by atoms with Crippen molar-refractivity contribution < 1.29 is 4.79 Å². The Morgan fingerprint density at radius 2 is 2.12 bits per heavy atom. The van der Waals surface area contributed by atoms with Gasteiger partial charge in [0, 0.05) is 24.5 Å². The molecule has 4 heteroatoms. The van der Waals surface area contributed by atoms with Gasteiger partial charge in [0.15, 0.2) is 0 Å². The highest BCUT2D eigenvalue weighted by atomic mass is 16.2. The summed E-state index contributed by atoms with van der Waals surface area (Å²) < 4.78 is 0. The first-order valence-electron chi connectivity index (χ1n) is 6.06. The maximum Gasteiger partial charge on any atom is 0.255 e. The van der Waals surface area contributed by atoms with Crippen LogP contribution < -0.4 is 11.5 Å². The molecule has 0 aromatic heterocycles. The van der Waals surface area contributed by atoms with E-state index in [9.17, 15) is 4.79 Å². The van der Waals surface area contributed by atoms with E-state index in [0.717, 1.165) is 13.1 Å². The number of hydrogen-bond donors (Lipinski definition) is 2. The van der Waals surface area contributed by atoms with E-state index >= 15 is 0 Å². The molecule has 1 aliphatic carbocycles. The second-order valence-corrected chi connectivity index (χ2v) is 4.63. The fraction of sp³-hybridized carbons (Fsp3) is 0.462. The summed E-state index contributed by atoms with van der Waals surface area (Å²) in [6.07, 6.45) is 2.47. The number of benzene rings is 1. The van der Waals surface area contributed by atoms with Gasteiger partial charge in [-0.3, -0.25) is 4.79 Å². The zero-order valence-electron chi connectivity index (χ0n) is 10.1. The third kappa shape index (κ3) is 2.70. The van der Waals surface area contributed by atoms with Crippen LogP contribution in [0.1, 0.15) is 30.1 Å². The van der Waals surface area contributed by atoms with Gasteiger partial charge in [0.25, 0.3) is 5.91 Å². The van der Waals surface area contributed by atoms with Gasteiger partial charge in [-0.1, -0.05) is 0 Å². The minimum absolute atomic E-state index is 0.0110. The number of amides is 1. The van der Waals surface area contributed by atoms with Gasteiger partial charge in [0.05, 0.1) is 5.56 Å². The van der Waals surface area contributed by atoms with E-state index in [1.54, 1.807) is 18.2 Å². The number of nitrogens with zero attached hydrogens (tertiary/aromatic N) is 1. The monoisotopic (exact) mass is 233 g/mol. The molecular formula is C13H19N3O. The highest BCUT2D eigenvalue weighted by molar-refractivity contribution is 5.99. The fourth-order valence-electron chi connectivity index (χ4n) is 1.91. The van der Waals surface area contributed by atoms with E-state index < -0.39 is 0 Å². The van der Waals surface area contributed by atoms with Crippen molar-refractivity contribution in [2.24, 2.45) is 5.92 Å². The molecule has 1 amide bonds. The van der Waals surface area contributed by atoms with Crippen LogP contribution in [0.3, 0.4) is 0 Å². The molecule has 0 saturated heterocycles. The molecule has 0 heterocycles. The zero-order valence-corrected chi connectivity index (χ0v) is 10.1. The number of hydrogen-bond acceptors (Lipinski definition) is 3. The number of carbonyl (C=O) groups excluding carboxylic acids is 1. The van der Waals surface area contributed by atoms with Gasteiger partial charge in [0.1, 0.15) is 0 Å². The van der Waals surface area contributed by atoms with Gasteiger partial charge in [-0.25, -0.2) is 0 Å². The Labute approximate surface area is 102 Å². The van der Waals surface area contributed by atoms with Crippen LogP contribution in [0, 0.1) is 5.92 Å². The van der Waals surface area contributed by atoms with Gasteiger partial charge >= 0.3 is 0 Å². The SMILES string of the molecule is CCN(CC1CC1)C(=O)c1ccc(N)cc1N. The van der Waals surface area contributed by atoms with Crippen LogP contribution in [-0.2, 0) is 0 Å². The average Bonchev–Trinajstić information content (AvgIpc) is 3.09. The summed E-state index contributed by atoms with van der Waals surface area (Å²) in [4.78, 5) is 14.1. The van der Waals surface area contributed by atoms with E-state index in [-0.39, 0.29) is 5.91 Å². The van der Waals surface area contributed by atoms with Crippen LogP contribution >= 0.6 is 0 Å². The largest absolute Gasteiger partial charge is 0.399 e. The predicted octanol–water partition coefficient (Wildman–Crippen LogP) is 1.72. The molecule has 0 aliphatic heterocycles. The highest BCUT2D eigenvalue weighted by Crippen LogP contribution is 2.30. The first-order chi connectivity index (χ1) is 8.11. The molecule has 17 heavy (non-hydrogen) atoms. The lowest BCUT2D eigenvalue weighted by Gasteiger charge is -2.21. The van der Waals surface area contributed by atoms with Crippen LogP contribution in [-0.4, -0.2) is 23.9 Å². The number of carbonyl (C=O) groups is 1. The summed E-state index contributed by atoms with van der Waals surface area (Å²) in [6, 6.07) is 5.06. The maximum atomic E-state index is 12.3. The summed E-state index contributed by atoms with van der Waals surface area (Å²) in [6.45, 7) is 3.56. The number of nitrogens with two attached hydrogens (primary N) is 2. The molecule has 1 aromatic rings. The van der Waals surface area contributed by atoms with Crippen molar-refractivity contribution in [1.29, 1.82) is 0 Å². The summed E-state index contributed by atoms with van der Waals surface area (Å²) in [5.74, 6) is 0.700. The molecule has 0 spiro atoms.